The molecule has 0 saturated heterocycles. The number of phenolic OH excluding ortho intramolecular Hbond substituents is 1. The fraction of sp³-hybridized carbons (Fsp3) is 0.182. The van der Waals surface area contributed by atoms with E-state index in [9.17, 15) is 14.7 Å². The fourth-order valence-electron chi connectivity index (χ4n) is 3.47. The Bertz CT molecular complexity index is 1280. The monoisotopic (exact) mass is 490 g/mol. The second-order valence-corrected chi connectivity index (χ2v) is 7.46. The molecule has 0 aliphatic carbocycles. The van der Waals surface area contributed by atoms with Gasteiger partial charge in [0.2, 0.25) is 12.7 Å². The average molecular weight is 491 g/mol. The van der Waals surface area contributed by atoms with Crippen LogP contribution >= 0.6 is 0 Å². The predicted octanol–water partition coefficient (Wildman–Crippen LogP) is -4.92. The normalized spacial score (nSPS) is 10.2. The molecule has 2 aromatic carbocycles. The number of rotatable bonds is 6. The van der Waals surface area contributed by atoms with Crippen molar-refractivity contribution in [1.29, 1.82) is 0 Å². The molecule has 9 nitrogen and oxygen atoms in total. The van der Waals surface area contributed by atoms with Crippen LogP contribution in [0.4, 0.5) is 11.4 Å². The molecule has 0 bridgehead atoms. The van der Waals surface area contributed by atoms with Crippen molar-refractivity contribution in [2.45, 2.75) is 13.1 Å². The smallest absolute Gasteiger partial charge is 0.266 e. The van der Waals surface area contributed by atoms with E-state index in [1.165, 1.54) is 0 Å². The Hall–Kier alpha value is -3.56. The first kappa shape index (κ1) is 25.7. The van der Waals surface area contributed by atoms with Crippen LogP contribution in [0.5, 0.6) is 5.75 Å². The van der Waals surface area contributed by atoms with E-state index in [-0.39, 0.29) is 61.2 Å². The van der Waals surface area contributed by atoms with Gasteiger partial charge in [0.1, 0.15) is 30.5 Å². The van der Waals surface area contributed by atoms with Crippen molar-refractivity contribution in [2.24, 2.45) is 14.1 Å². The summed E-state index contributed by atoms with van der Waals surface area (Å²) >= 11 is 0. The summed E-state index contributed by atoms with van der Waals surface area (Å²) in [5.74, 6) is -0.585. The van der Waals surface area contributed by atoms with E-state index >= 15 is 0 Å². The van der Waals surface area contributed by atoms with Crippen molar-refractivity contribution in [3.8, 4) is 5.75 Å². The van der Waals surface area contributed by atoms with Gasteiger partial charge in [-0.25, -0.2) is 18.3 Å². The lowest BCUT2D eigenvalue weighted by Gasteiger charge is -2.13. The molecule has 174 valence electrons. The van der Waals surface area contributed by atoms with Gasteiger partial charge in [-0.2, -0.15) is 0 Å². The molecule has 11 heteroatoms. The zero-order chi connectivity index (χ0) is 22.0. The van der Waals surface area contributed by atoms with Crippen LogP contribution in [-0.2, 0) is 36.8 Å². The molecule has 0 fully saturated rings. The van der Waals surface area contributed by atoms with E-state index in [0.717, 1.165) is 5.39 Å². The highest BCUT2D eigenvalue weighted by molar-refractivity contribution is 6.08. The third kappa shape index (κ3) is 6.03. The number of hydrogen-bond donors (Lipinski definition) is 3. The molecule has 2 aromatic heterocycles. The number of anilines is 2. The van der Waals surface area contributed by atoms with Crippen LogP contribution < -0.4 is 44.6 Å². The highest BCUT2D eigenvalue weighted by Crippen LogP contribution is 2.37. The Morgan fingerprint density at radius 2 is 1.39 bits per heavy atom. The first-order valence-corrected chi connectivity index (χ1v) is 9.75. The largest absolute Gasteiger partial charge is 1.00 e. The number of nitrogens with one attached hydrogen (secondary N) is 2. The van der Waals surface area contributed by atoms with Crippen LogP contribution in [-0.4, -0.2) is 26.1 Å². The number of nitrogens with zero attached hydrogens (tertiary/aromatic N) is 4. The lowest BCUT2D eigenvalue weighted by Crippen LogP contribution is -3.00. The number of aryl methyl sites for hydroxylation is 2. The van der Waals surface area contributed by atoms with Crippen LogP contribution in [0, 0.1) is 0 Å². The van der Waals surface area contributed by atoms with Crippen molar-refractivity contribution in [1.82, 2.24) is 9.13 Å². The molecule has 2 amide bonds. The van der Waals surface area contributed by atoms with Gasteiger partial charge >= 0.3 is 0 Å². The zero-order valence-corrected chi connectivity index (χ0v) is 19.6. The van der Waals surface area contributed by atoms with Gasteiger partial charge in [0.25, 0.3) is 11.8 Å². The SMILES string of the molecule is C[n+]1ccn(CC(=O)Nc2ccc3cccc(NC(=O)Cn4cc[n+](C)c4)c3c2O)c1.[Cl-].[Cl-]. The van der Waals surface area contributed by atoms with Crippen LogP contribution in [0.25, 0.3) is 10.8 Å². The second-order valence-electron chi connectivity index (χ2n) is 7.46. The Kier molecular flexibility index (Phi) is 8.44. The number of fused-ring (bicyclic) bond motifs is 1. The fourth-order valence-corrected chi connectivity index (χ4v) is 3.47. The van der Waals surface area contributed by atoms with Crippen molar-refractivity contribution in [3.05, 3.63) is 67.8 Å². The maximum absolute atomic E-state index is 12.5. The van der Waals surface area contributed by atoms with Gasteiger partial charge in [-0.3, -0.25) is 9.59 Å². The van der Waals surface area contributed by atoms with Crippen molar-refractivity contribution < 1.29 is 48.6 Å². The number of aromatic hydroxyl groups is 1. The summed E-state index contributed by atoms with van der Waals surface area (Å²) in [5.41, 5.74) is 0.762. The predicted molar refractivity (Wildman–Crippen MR) is 114 cm³/mol. The summed E-state index contributed by atoms with van der Waals surface area (Å²) in [4.78, 5) is 24.9. The summed E-state index contributed by atoms with van der Waals surface area (Å²) in [5, 5.41) is 17.7. The molecule has 0 saturated carbocycles. The topological polar surface area (TPSA) is 96.0 Å². The van der Waals surface area contributed by atoms with Gasteiger partial charge in [0.15, 0.2) is 13.1 Å². The van der Waals surface area contributed by atoms with E-state index in [0.29, 0.717) is 11.1 Å². The standard InChI is InChI=1S/C22H22N6O3.2ClH/c1-25-8-10-27(14-25)12-19(29)23-17-5-3-4-16-6-7-18(22(31)21(16)17)24-20(30)13-28-11-9-26(2)15-28;;/h3-11,14-15H,12-13H2,1-2H3,(H-2,23,24,29,30,31);2*1H. The zero-order valence-electron chi connectivity index (χ0n) is 18.1. The van der Waals surface area contributed by atoms with E-state index in [1.54, 1.807) is 58.4 Å². The minimum Gasteiger partial charge on any atom is -1.00 e. The van der Waals surface area contributed by atoms with Gasteiger partial charge in [-0.1, -0.05) is 18.2 Å². The van der Waals surface area contributed by atoms with Crippen molar-refractivity contribution in [3.63, 3.8) is 0 Å². The van der Waals surface area contributed by atoms with Gasteiger partial charge in [-0.15, -0.1) is 0 Å². The molecule has 0 aliphatic heterocycles. The highest BCUT2D eigenvalue weighted by Gasteiger charge is 2.16. The molecule has 0 atom stereocenters. The Morgan fingerprint density at radius 3 is 1.91 bits per heavy atom. The Balaban J connectivity index is 0.00000193. The number of hydrogen-bond acceptors (Lipinski definition) is 3. The number of phenols is 1. The number of carbonyl (C=O) groups is 2. The van der Waals surface area contributed by atoms with Crippen molar-refractivity contribution in [2.75, 3.05) is 10.6 Å². The molecular formula is C22H24Cl2N6O3. The minimum absolute atomic E-state index is 0. The quantitative estimate of drug-likeness (QED) is 0.187. The number of amides is 2. The second kappa shape index (κ2) is 10.8. The van der Waals surface area contributed by atoms with Crippen molar-refractivity contribution >= 4 is 34.0 Å². The minimum atomic E-state index is -0.271. The number of halogens is 2. The maximum atomic E-state index is 12.5. The summed E-state index contributed by atoms with van der Waals surface area (Å²) < 4.78 is 7.18. The van der Waals surface area contributed by atoms with Crippen LogP contribution in [0.3, 0.4) is 0 Å². The summed E-state index contributed by atoms with van der Waals surface area (Å²) in [6.45, 7) is 0.258. The lowest BCUT2D eigenvalue weighted by molar-refractivity contribution is -0.671. The third-order valence-electron chi connectivity index (χ3n) is 4.87. The molecule has 0 unspecified atom stereocenters. The maximum Gasteiger partial charge on any atom is 0.266 e. The van der Waals surface area contributed by atoms with Gasteiger partial charge in [-0.05, 0) is 17.5 Å². The van der Waals surface area contributed by atoms with E-state index in [4.69, 9.17) is 0 Å². The molecule has 4 rings (SSSR count). The lowest BCUT2D eigenvalue weighted by atomic mass is 10.1. The molecule has 3 N–H and O–H groups in total. The Morgan fingerprint density at radius 1 is 0.848 bits per heavy atom. The van der Waals surface area contributed by atoms with E-state index < -0.39 is 0 Å². The van der Waals surface area contributed by atoms with Crippen LogP contribution in [0.15, 0.2) is 67.8 Å². The summed E-state index contributed by atoms with van der Waals surface area (Å²) in [6.07, 6.45) is 10.9. The first-order valence-electron chi connectivity index (χ1n) is 9.75. The summed E-state index contributed by atoms with van der Waals surface area (Å²) in [6, 6.07) is 8.80. The molecular weight excluding hydrogens is 467 g/mol. The van der Waals surface area contributed by atoms with Crippen LogP contribution in [0.1, 0.15) is 0 Å². The van der Waals surface area contributed by atoms with E-state index in [2.05, 4.69) is 10.6 Å². The molecule has 4 aromatic rings. The van der Waals surface area contributed by atoms with Gasteiger partial charge < -0.3 is 40.6 Å². The number of imidazole rings is 2. The third-order valence-corrected chi connectivity index (χ3v) is 4.87. The van der Waals surface area contributed by atoms with E-state index in [1.807, 2.05) is 41.7 Å². The number of benzene rings is 2. The molecule has 0 spiro atoms. The first-order chi connectivity index (χ1) is 14.9. The van der Waals surface area contributed by atoms with Gasteiger partial charge in [0, 0.05) is 5.39 Å². The molecule has 2 heterocycles. The number of aromatic nitrogens is 4. The number of carbonyl (C=O) groups excluding carboxylic acids is 2. The average Bonchev–Trinajstić information content (AvgIpc) is 3.31. The molecule has 33 heavy (non-hydrogen) atoms. The highest BCUT2D eigenvalue weighted by atomic mass is 35.5. The van der Waals surface area contributed by atoms with Crippen LogP contribution in [0.2, 0.25) is 0 Å². The molecule has 0 aliphatic rings. The van der Waals surface area contributed by atoms with Gasteiger partial charge in [0.05, 0.1) is 25.5 Å². The molecule has 0 radical (unpaired) electrons. The summed E-state index contributed by atoms with van der Waals surface area (Å²) in [7, 11) is 3.75. The Labute approximate surface area is 203 Å².